The lowest BCUT2D eigenvalue weighted by Crippen LogP contribution is -2.33. The molecule has 1 rings (SSSR count). The smallest absolute Gasteiger partial charge is 0.174 e. The monoisotopic (exact) mass is 344 g/mol. The van der Waals surface area contributed by atoms with Crippen LogP contribution in [0.4, 0.5) is 0 Å². The predicted molar refractivity (Wildman–Crippen MR) is 86.7 cm³/mol. The molecule has 0 atom stereocenters. The number of nitrogens with one attached hydrogen (secondary N) is 1. The fourth-order valence-electron chi connectivity index (χ4n) is 1.82. The molecule has 1 aromatic rings. The maximum atomic E-state index is 5.34. The van der Waals surface area contributed by atoms with Gasteiger partial charge < -0.3 is 19.7 Å². The summed E-state index contributed by atoms with van der Waals surface area (Å²) in [5.74, 6) is 1.48. The van der Waals surface area contributed by atoms with Gasteiger partial charge in [0.1, 0.15) is 0 Å². The van der Waals surface area contributed by atoms with Gasteiger partial charge in [-0.3, -0.25) is 0 Å². The summed E-state index contributed by atoms with van der Waals surface area (Å²) in [6.45, 7) is 7.20. The van der Waals surface area contributed by atoms with Crippen LogP contribution in [0.3, 0.4) is 0 Å². The summed E-state index contributed by atoms with van der Waals surface area (Å²) in [5, 5.41) is 3.44. The average molecular weight is 345 g/mol. The molecular weight excluding hydrogens is 320 g/mol. The zero-order chi connectivity index (χ0) is 15.1. The average Bonchev–Trinajstić information content (AvgIpc) is 2.42. The van der Waals surface area contributed by atoms with Gasteiger partial charge in [0.2, 0.25) is 0 Å². The largest absolute Gasteiger partial charge is 0.493 e. The molecule has 1 aromatic carbocycles. The molecule has 4 nitrogen and oxygen atoms in total. The molecule has 0 aromatic heterocycles. The first-order valence-electron chi connectivity index (χ1n) is 6.81. The number of rotatable bonds is 8. The second-order valence-electron chi connectivity index (χ2n) is 5.06. The van der Waals surface area contributed by atoms with Crippen molar-refractivity contribution in [2.24, 2.45) is 0 Å². The number of benzene rings is 1. The van der Waals surface area contributed by atoms with Gasteiger partial charge in [-0.1, -0.05) is 0 Å². The molecule has 5 heteroatoms. The van der Waals surface area contributed by atoms with Gasteiger partial charge in [-0.15, -0.1) is 0 Å². The Bertz CT molecular complexity index is 425. The van der Waals surface area contributed by atoms with Gasteiger partial charge in [-0.25, -0.2) is 0 Å². The standard InChI is InChI=1S/C15H25BrN2O2/c1-11(2)18(3)7-6-17-10-12-8-13(16)15(20-5)14(9-12)19-4/h8-9,11,17H,6-7,10H2,1-5H3. The Balaban J connectivity index is 2.54. The minimum atomic E-state index is 0.576. The molecule has 0 unspecified atom stereocenters. The molecule has 0 amide bonds. The summed E-state index contributed by atoms with van der Waals surface area (Å²) < 4.78 is 11.6. The number of halogens is 1. The van der Waals surface area contributed by atoms with Crippen molar-refractivity contribution in [3.05, 3.63) is 22.2 Å². The highest BCUT2D eigenvalue weighted by Crippen LogP contribution is 2.36. The fraction of sp³-hybridized carbons (Fsp3) is 0.600. The van der Waals surface area contributed by atoms with Gasteiger partial charge in [0.15, 0.2) is 11.5 Å². The van der Waals surface area contributed by atoms with E-state index in [9.17, 15) is 0 Å². The van der Waals surface area contributed by atoms with Crippen LogP contribution in [0.5, 0.6) is 11.5 Å². The number of nitrogens with zero attached hydrogens (tertiary/aromatic N) is 1. The molecule has 20 heavy (non-hydrogen) atoms. The number of hydrogen-bond acceptors (Lipinski definition) is 4. The molecule has 0 aliphatic rings. The third-order valence-corrected chi connectivity index (χ3v) is 3.93. The van der Waals surface area contributed by atoms with Crippen LogP contribution in [-0.4, -0.2) is 45.3 Å². The zero-order valence-electron chi connectivity index (χ0n) is 13.0. The van der Waals surface area contributed by atoms with Crippen molar-refractivity contribution in [1.29, 1.82) is 0 Å². The summed E-state index contributed by atoms with van der Waals surface area (Å²) >= 11 is 3.51. The Hall–Kier alpha value is -0.780. The van der Waals surface area contributed by atoms with E-state index in [1.807, 2.05) is 6.07 Å². The lowest BCUT2D eigenvalue weighted by Gasteiger charge is -2.21. The van der Waals surface area contributed by atoms with E-state index in [0.29, 0.717) is 6.04 Å². The van der Waals surface area contributed by atoms with Gasteiger partial charge in [0.25, 0.3) is 0 Å². The van der Waals surface area contributed by atoms with Crippen molar-refractivity contribution in [1.82, 2.24) is 10.2 Å². The van der Waals surface area contributed by atoms with Crippen molar-refractivity contribution in [2.75, 3.05) is 34.4 Å². The van der Waals surface area contributed by atoms with E-state index >= 15 is 0 Å². The number of ether oxygens (including phenoxy) is 2. The zero-order valence-corrected chi connectivity index (χ0v) is 14.6. The second-order valence-corrected chi connectivity index (χ2v) is 5.92. The summed E-state index contributed by atoms with van der Waals surface area (Å²) in [5.41, 5.74) is 1.17. The highest BCUT2D eigenvalue weighted by Gasteiger charge is 2.10. The number of methoxy groups -OCH3 is 2. The Morgan fingerprint density at radius 1 is 1.25 bits per heavy atom. The van der Waals surface area contributed by atoms with Gasteiger partial charge in [0.05, 0.1) is 18.7 Å². The molecular formula is C15H25BrN2O2. The number of likely N-dealkylation sites (N-methyl/N-ethyl adjacent to an activating group) is 1. The van der Waals surface area contributed by atoms with Crippen molar-refractivity contribution in [3.63, 3.8) is 0 Å². The van der Waals surface area contributed by atoms with Crippen molar-refractivity contribution >= 4 is 15.9 Å². The predicted octanol–water partition coefficient (Wildman–Crippen LogP) is 2.90. The SMILES string of the molecule is COc1cc(CNCCN(C)C(C)C)cc(Br)c1OC. The summed E-state index contributed by atoms with van der Waals surface area (Å²) in [6, 6.07) is 4.63. The van der Waals surface area contributed by atoms with Crippen LogP contribution < -0.4 is 14.8 Å². The third-order valence-electron chi connectivity index (χ3n) is 3.35. The van der Waals surface area contributed by atoms with Gasteiger partial charge in [0, 0.05) is 25.7 Å². The lowest BCUT2D eigenvalue weighted by atomic mass is 10.2. The topological polar surface area (TPSA) is 33.7 Å². The van der Waals surface area contributed by atoms with Gasteiger partial charge in [-0.2, -0.15) is 0 Å². The molecule has 114 valence electrons. The van der Waals surface area contributed by atoms with E-state index in [-0.39, 0.29) is 0 Å². The normalized spacial score (nSPS) is 11.2. The number of hydrogen-bond donors (Lipinski definition) is 1. The van der Waals surface area contributed by atoms with Crippen LogP contribution in [0.2, 0.25) is 0 Å². The highest BCUT2D eigenvalue weighted by atomic mass is 79.9. The minimum Gasteiger partial charge on any atom is -0.493 e. The van der Waals surface area contributed by atoms with Crippen LogP contribution in [0.15, 0.2) is 16.6 Å². The molecule has 0 bridgehead atoms. The first-order valence-corrected chi connectivity index (χ1v) is 7.60. The maximum Gasteiger partial charge on any atom is 0.174 e. The van der Waals surface area contributed by atoms with E-state index < -0.39 is 0 Å². The Labute approximate surface area is 130 Å². The van der Waals surface area contributed by atoms with Crippen LogP contribution >= 0.6 is 15.9 Å². The quantitative estimate of drug-likeness (QED) is 0.735. The summed E-state index contributed by atoms with van der Waals surface area (Å²) in [7, 11) is 5.43. The molecule has 0 saturated carbocycles. The molecule has 0 heterocycles. The van der Waals surface area contributed by atoms with E-state index in [0.717, 1.165) is 35.6 Å². The van der Waals surface area contributed by atoms with E-state index in [1.54, 1.807) is 14.2 Å². The Kier molecular flexibility index (Phi) is 7.34. The van der Waals surface area contributed by atoms with E-state index in [1.165, 1.54) is 5.56 Å². The van der Waals surface area contributed by atoms with Crippen LogP contribution in [0, 0.1) is 0 Å². The Morgan fingerprint density at radius 3 is 2.50 bits per heavy atom. The fourth-order valence-corrected chi connectivity index (χ4v) is 2.47. The molecule has 0 aliphatic carbocycles. The van der Waals surface area contributed by atoms with Crippen molar-refractivity contribution in [2.45, 2.75) is 26.4 Å². The van der Waals surface area contributed by atoms with Gasteiger partial charge >= 0.3 is 0 Å². The van der Waals surface area contributed by atoms with Crippen molar-refractivity contribution < 1.29 is 9.47 Å². The second kappa shape index (κ2) is 8.49. The lowest BCUT2D eigenvalue weighted by molar-refractivity contribution is 0.273. The first kappa shape index (κ1) is 17.3. The molecule has 0 spiro atoms. The minimum absolute atomic E-state index is 0.576. The van der Waals surface area contributed by atoms with E-state index in [4.69, 9.17) is 9.47 Å². The summed E-state index contributed by atoms with van der Waals surface area (Å²) in [6.07, 6.45) is 0. The summed E-state index contributed by atoms with van der Waals surface area (Å²) in [4.78, 5) is 2.32. The molecule has 0 radical (unpaired) electrons. The van der Waals surface area contributed by atoms with Crippen LogP contribution in [0.25, 0.3) is 0 Å². The Morgan fingerprint density at radius 2 is 1.95 bits per heavy atom. The molecule has 0 fully saturated rings. The first-order chi connectivity index (χ1) is 9.49. The van der Waals surface area contributed by atoms with Crippen LogP contribution in [0.1, 0.15) is 19.4 Å². The highest BCUT2D eigenvalue weighted by molar-refractivity contribution is 9.10. The molecule has 0 saturated heterocycles. The molecule has 1 N–H and O–H groups in total. The maximum absolute atomic E-state index is 5.34. The molecule has 0 aliphatic heterocycles. The van der Waals surface area contributed by atoms with Gasteiger partial charge in [-0.05, 0) is 54.5 Å². The van der Waals surface area contributed by atoms with E-state index in [2.05, 4.69) is 53.1 Å². The van der Waals surface area contributed by atoms with Crippen LogP contribution in [-0.2, 0) is 6.54 Å². The van der Waals surface area contributed by atoms with Crippen molar-refractivity contribution in [3.8, 4) is 11.5 Å². The third kappa shape index (κ3) is 4.96.